The van der Waals surface area contributed by atoms with E-state index in [0.717, 1.165) is 38.5 Å². The van der Waals surface area contributed by atoms with Crippen LogP contribution in [0, 0.1) is 5.92 Å². The monoisotopic (exact) mass is 241 g/mol. The van der Waals surface area contributed by atoms with Gasteiger partial charge in [0.2, 0.25) is 0 Å². The zero-order valence-corrected chi connectivity index (χ0v) is 10.1. The molecule has 96 valence electrons. The second-order valence-electron chi connectivity index (χ2n) is 5.34. The Balaban J connectivity index is 1.88. The van der Waals surface area contributed by atoms with Crippen molar-refractivity contribution in [1.29, 1.82) is 0 Å². The van der Waals surface area contributed by atoms with Crippen LogP contribution in [-0.2, 0) is 9.53 Å². The molecule has 2 rings (SSSR count). The van der Waals surface area contributed by atoms with Gasteiger partial charge in [-0.1, -0.05) is 12.8 Å². The van der Waals surface area contributed by atoms with Crippen molar-refractivity contribution in [3.05, 3.63) is 0 Å². The Hall–Kier alpha value is -1.26. The molecule has 0 aromatic rings. The molecule has 2 N–H and O–H groups in total. The average molecular weight is 241 g/mol. The summed E-state index contributed by atoms with van der Waals surface area (Å²) in [5.74, 6) is -0.915. The molecule has 2 saturated carbocycles. The summed E-state index contributed by atoms with van der Waals surface area (Å²) in [5, 5.41) is 11.6. The lowest BCUT2D eigenvalue weighted by Gasteiger charge is -2.21. The number of amides is 1. The van der Waals surface area contributed by atoms with Crippen molar-refractivity contribution in [2.45, 2.75) is 57.1 Å². The highest BCUT2D eigenvalue weighted by molar-refractivity contribution is 5.80. The van der Waals surface area contributed by atoms with E-state index in [1.807, 2.05) is 6.92 Å². The number of alkyl carbamates (subject to hydrolysis) is 1. The van der Waals surface area contributed by atoms with Gasteiger partial charge < -0.3 is 15.2 Å². The smallest absolute Gasteiger partial charge is 0.408 e. The maximum Gasteiger partial charge on any atom is 0.408 e. The van der Waals surface area contributed by atoms with Crippen LogP contribution >= 0.6 is 0 Å². The minimum atomic E-state index is -0.963. The Morgan fingerprint density at radius 1 is 1.35 bits per heavy atom. The lowest BCUT2D eigenvalue weighted by atomic mass is 9.98. The molecule has 0 radical (unpaired) electrons. The minimum absolute atomic E-state index is 0.0482. The molecule has 1 atom stereocenters. The number of hydrogen-bond acceptors (Lipinski definition) is 3. The van der Waals surface area contributed by atoms with E-state index in [1.165, 1.54) is 0 Å². The van der Waals surface area contributed by atoms with E-state index in [4.69, 9.17) is 9.84 Å². The molecule has 0 heterocycles. The predicted octanol–water partition coefficient (Wildman–Crippen LogP) is 1.91. The van der Waals surface area contributed by atoms with Crippen molar-refractivity contribution in [1.82, 2.24) is 5.32 Å². The molecule has 5 heteroatoms. The minimum Gasteiger partial charge on any atom is -0.480 e. The Morgan fingerprint density at radius 3 is 2.41 bits per heavy atom. The maximum atomic E-state index is 11.6. The standard InChI is InChI=1S/C12H19NO4/c1-12(6-7-12)17-11(16)13-9(10(14)15)8-4-2-3-5-8/h8-9H,2-7H2,1H3,(H,13,16)(H,14,15)/t9-/m0/s1. The van der Waals surface area contributed by atoms with Gasteiger partial charge in [0, 0.05) is 0 Å². The molecule has 0 aliphatic heterocycles. The van der Waals surface area contributed by atoms with Gasteiger partial charge in [-0.2, -0.15) is 0 Å². The first-order chi connectivity index (χ1) is 8.00. The molecule has 5 nitrogen and oxygen atoms in total. The summed E-state index contributed by atoms with van der Waals surface area (Å²) in [6, 6.07) is -0.799. The third kappa shape index (κ3) is 3.11. The van der Waals surface area contributed by atoms with Gasteiger partial charge in [0.05, 0.1) is 0 Å². The second-order valence-corrected chi connectivity index (χ2v) is 5.34. The van der Waals surface area contributed by atoms with Crippen LogP contribution in [0.2, 0.25) is 0 Å². The Labute approximate surface area is 101 Å². The molecule has 2 aliphatic rings. The highest BCUT2D eigenvalue weighted by atomic mass is 16.6. The molecule has 1 amide bonds. The largest absolute Gasteiger partial charge is 0.480 e. The molecular formula is C12H19NO4. The normalized spacial score (nSPS) is 24.1. The summed E-state index contributed by atoms with van der Waals surface area (Å²) in [4.78, 5) is 22.7. The first kappa shape index (κ1) is 12.2. The van der Waals surface area contributed by atoms with E-state index < -0.39 is 18.1 Å². The molecule has 17 heavy (non-hydrogen) atoms. The molecule has 0 aromatic carbocycles. The van der Waals surface area contributed by atoms with E-state index in [1.54, 1.807) is 0 Å². The molecular weight excluding hydrogens is 222 g/mol. The molecule has 2 aliphatic carbocycles. The fraction of sp³-hybridized carbons (Fsp3) is 0.833. The van der Waals surface area contributed by atoms with E-state index in [0.29, 0.717) is 0 Å². The second kappa shape index (κ2) is 4.55. The molecule has 0 bridgehead atoms. The van der Waals surface area contributed by atoms with Crippen molar-refractivity contribution in [2.24, 2.45) is 5.92 Å². The third-order valence-corrected chi connectivity index (χ3v) is 3.70. The summed E-state index contributed by atoms with van der Waals surface area (Å²) >= 11 is 0. The number of carbonyl (C=O) groups is 2. The van der Waals surface area contributed by atoms with Gasteiger partial charge in [0.1, 0.15) is 11.6 Å². The highest BCUT2D eigenvalue weighted by Crippen LogP contribution is 2.38. The van der Waals surface area contributed by atoms with Crippen LogP contribution in [0.25, 0.3) is 0 Å². The van der Waals surface area contributed by atoms with Crippen LogP contribution in [0.3, 0.4) is 0 Å². The van der Waals surface area contributed by atoms with Crippen LogP contribution in [0.1, 0.15) is 45.4 Å². The summed E-state index contributed by atoms with van der Waals surface area (Å²) in [6.07, 6.45) is 4.96. The van der Waals surface area contributed by atoms with E-state index in [9.17, 15) is 9.59 Å². The van der Waals surface area contributed by atoms with Crippen molar-refractivity contribution >= 4 is 12.1 Å². The molecule has 0 aromatic heterocycles. The van der Waals surface area contributed by atoms with Gasteiger partial charge in [0.15, 0.2) is 0 Å². The Morgan fingerprint density at radius 2 is 1.94 bits per heavy atom. The van der Waals surface area contributed by atoms with E-state index in [-0.39, 0.29) is 11.5 Å². The first-order valence-corrected chi connectivity index (χ1v) is 6.22. The maximum absolute atomic E-state index is 11.6. The summed E-state index contributed by atoms with van der Waals surface area (Å²) in [5.41, 5.74) is -0.358. The topological polar surface area (TPSA) is 75.6 Å². The van der Waals surface area contributed by atoms with Crippen LogP contribution in [0.4, 0.5) is 4.79 Å². The fourth-order valence-electron chi connectivity index (χ4n) is 2.33. The molecule has 0 saturated heterocycles. The first-order valence-electron chi connectivity index (χ1n) is 6.22. The van der Waals surface area contributed by atoms with Crippen molar-refractivity contribution in [2.75, 3.05) is 0 Å². The lowest BCUT2D eigenvalue weighted by Crippen LogP contribution is -2.46. The molecule has 0 spiro atoms. The quantitative estimate of drug-likeness (QED) is 0.788. The van der Waals surface area contributed by atoms with Gasteiger partial charge in [-0.15, -0.1) is 0 Å². The van der Waals surface area contributed by atoms with E-state index in [2.05, 4.69) is 5.32 Å². The Kier molecular flexibility index (Phi) is 3.26. The lowest BCUT2D eigenvalue weighted by molar-refractivity contribution is -0.140. The van der Waals surface area contributed by atoms with E-state index >= 15 is 0 Å². The van der Waals surface area contributed by atoms with Gasteiger partial charge in [-0.3, -0.25) is 0 Å². The third-order valence-electron chi connectivity index (χ3n) is 3.70. The van der Waals surface area contributed by atoms with Crippen LogP contribution < -0.4 is 5.32 Å². The number of hydrogen-bond donors (Lipinski definition) is 2. The Bertz CT molecular complexity index is 318. The van der Waals surface area contributed by atoms with Gasteiger partial charge in [0.25, 0.3) is 0 Å². The number of aliphatic carboxylic acids is 1. The average Bonchev–Trinajstić information content (AvgIpc) is 2.80. The molecule has 2 fully saturated rings. The summed E-state index contributed by atoms with van der Waals surface area (Å²) in [7, 11) is 0. The fourth-order valence-corrected chi connectivity index (χ4v) is 2.33. The van der Waals surface area contributed by atoms with Gasteiger partial charge in [-0.25, -0.2) is 9.59 Å². The number of carbonyl (C=O) groups excluding carboxylic acids is 1. The summed E-state index contributed by atoms with van der Waals surface area (Å²) in [6.45, 7) is 1.86. The van der Waals surface area contributed by atoms with Crippen molar-refractivity contribution in [3.63, 3.8) is 0 Å². The van der Waals surface area contributed by atoms with Crippen LogP contribution in [0.15, 0.2) is 0 Å². The van der Waals surface area contributed by atoms with Gasteiger partial charge >= 0.3 is 12.1 Å². The number of carboxylic acid groups (broad SMARTS) is 1. The number of ether oxygens (including phenoxy) is 1. The zero-order chi connectivity index (χ0) is 12.5. The highest BCUT2D eigenvalue weighted by Gasteiger charge is 2.42. The molecule has 0 unspecified atom stereocenters. The number of nitrogens with one attached hydrogen (secondary N) is 1. The van der Waals surface area contributed by atoms with Gasteiger partial charge in [-0.05, 0) is 38.5 Å². The summed E-state index contributed by atoms with van der Waals surface area (Å²) < 4.78 is 5.18. The zero-order valence-electron chi connectivity index (χ0n) is 10.1. The van der Waals surface area contributed by atoms with Crippen molar-refractivity contribution < 1.29 is 19.4 Å². The predicted molar refractivity (Wildman–Crippen MR) is 60.6 cm³/mol. The van der Waals surface area contributed by atoms with Crippen LogP contribution in [0.5, 0.6) is 0 Å². The van der Waals surface area contributed by atoms with Crippen molar-refractivity contribution in [3.8, 4) is 0 Å². The SMILES string of the molecule is CC1(OC(=O)N[C@H](C(=O)O)C2CCCC2)CC1. The number of rotatable bonds is 4. The van der Waals surface area contributed by atoms with Crippen LogP contribution in [-0.4, -0.2) is 28.8 Å². The number of carboxylic acids is 1.